The number of alkyl halides is 2. The van der Waals surface area contributed by atoms with E-state index in [2.05, 4.69) is 15.9 Å². The molecule has 1 heterocycles. The first-order chi connectivity index (χ1) is 11.5. The molecule has 0 radical (unpaired) electrons. The minimum Gasteiger partial charge on any atom is -0.486 e. The zero-order valence-electron chi connectivity index (χ0n) is 12.8. The van der Waals surface area contributed by atoms with E-state index in [1.807, 2.05) is 18.2 Å². The van der Waals surface area contributed by atoms with Gasteiger partial charge in [0.25, 0.3) is 12.3 Å². The highest BCUT2D eigenvalue weighted by Crippen LogP contribution is 2.29. The highest BCUT2D eigenvalue weighted by atomic mass is 79.9. The molecule has 1 fully saturated rings. The normalized spacial score (nSPS) is 14.0. The second kappa shape index (κ2) is 7.34. The molecule has 1 aliphatic rings. The van der Waals surface area contributed by atoms with Crippen LogP contribution in [0.3, 0.4) is 0 Å². The first kappa shape index (κ1) is 17.0. The monoisotopic (exact) mass is 399 g/mol. The molecule has 0 atom stereocenters. The molecule has 3 rings (SSSR count). The Bertz CT molecular complexity index is 715. The van der Waals surface area contributed by atoms with Gasteiger partial charge in [0.15, 0.2) is 5.76 Å². The molecule has 4 nitrogen and oxygen atoms in total. The van der Waals surface area contributed by atoms with Crippen LogP contribution < -0.4 is 4.74 Å². The summed E-state index contributed by atoms with van der Waals surface area (Å²) in [6, 6.07) is 10.4. The summed E-state index contributed by atoms with van der Waals surface area (Å²) in [6.07, 6.45) is -1.03. The molecule has 0 spiro atoms. The van der Waals surface area contributed by atoms with E-state index in [1.165, 1.54) is 11.0 Å². The molecule has 24 heavy (non-hydrogen) atoms. The number of amides is 1. The average molecular weight is 400 g/mol. The number of nitrogens with zero attached hydrogens (tertiary/aromatic N) is 1. The predicted octanol–water partition coefficient (Wildman–Crippen LogP) is 4.49. The number of hydrogen-bond acceptors (Lipinski definition) is 3. The van der Waals surface area contributed by atoms with Gasteiger partial charge in [-0.05, 0) is 43.2 Å². The van der Waals surface area contributed by atoms with Crippen molar-refractivity contribution in [2.75, 3.05) is 6.54 Å². The fraction of sp³-hybridized carbons (Fsp3) is 0.353. The fourth-order valence-electron chi connectivity index (χ4n) is 2.36. The predicted molar refractivity (Wildman–Crippen MR) is 87.2 cm³/mol. The second-order valence-electron chi connectivity index (χ2n) is 5.59. The molecule has 1 amide bonds. The summed E-state index contributed by atoms with van der Waals surface area (Å²) in [7, 11) is 0. The third-order valence-corrected chi connectivity index (χ3v) is 4.13. The molecule has 0 bridgehead atoms. The zero-order chi connectivity index (χ0) is 17.1. The quantitative estimate of drug-likeness (QED) is 0.688. The fourth-order valence-corrected chi connectivity index (χ4v) is 2.73. The lowest BCUT2D eigenvalue weighted by molar-refractivity contribution is 0.0504. The van der Waals surface area contributed by atoms with Gasteiger partial charge in [0.1, 0.15) is 18.1 Å². The van der Waals surface area contributed by atoms with Gasteiger partial charge in [-0.1, -0.05) is 22.0 Å². The Morgan fingerprint density at radius 3 is 2.79 bits per heavy atom. The van der Waals surface area contributed by atoms with Crippen molar-refractivity contribution < 1.29 is 22.7 Å². The van der Waals surface area contributed by atoms with Gasteiger partial charge in [-0.25, -0.2) is 8.78 Å². The van der Waals surface area contributed by atoms with Crippen molar-refractivity contribution in [3.63, 3.8) is 0 Å². The van der Waals surface area contributed by atoms with Gasteiger partial charge >= 0.3 is 0 Å². The molecule has 1 aromatic carbocycles. The van der Waals surface area contributed by atoms with E-state index in [4.69, 9.17) is 9.15 Å². The lowest BCUT2D eigenvalue weighted by Crippen LogP contribution is -2.36. The minimum absolute atomic E-state index is 0.0652. The third kappa shape index (κ3) is 4.35. The van der Waals surface area contributed by atoms with Crippen LogP contribution in [0, 0.1) is 0 Å². The van der Waals surface area contributed by atoms with Crippen LogP contribution in [-0.2, 0) is 6.61 Å². The lowest BCUT2D eigenvalue weighted by atomic mass is 10.3. The number of carbonyl (C=O) groups is 1. The van der Waals surface area contributed by atoms with Gasteiger partial charge in [-0.3, -0.25) is 4.79 Å². The van der Waals surface area contributed by atoms with E-state index >= 15 is 0 Å². The summed E-state index contributed by atoms with van der Waals surface area (Å²) in [5.41, 5.74) is 0. The maximum absolute atomic E-state index is 12.6. The molecular weight excluding hydrogens is 384 g/mol. The van der Waals surface area contributed by atoms with Crippen LogP contribution in [0.25, 0.3) is 0 Å². The van der Waals surface area contributed by atoms with E-state index in [0.717, 1.165) is 17.3 Å². The van der Waals surface area contributed by atoms with Gasteiger partial charge < -0.3 is 14.1 Å². The number of rotatable bonds is 7. The van der Waals surface area contributed by atoms with Crippen molar-refractivity contribution in [3.05, 3.63) is 52.4 Å². The van der Waals surface area contributed by atoms with Crippen molar-refractivity contribution in [1.82, 2.24) is 4.90 Å². The Hall–Kier alpha value is -1.89. The maximum atomic E-state index is 12.6. The van der Waals surface area contributed by atoms with E-state index in [0.29, 0.717) is 11.5 Å². The minimum atomic E-state index is -2.55. The van der Waals surface area contributed by atoms with E-state index in [-0.39, 0.29) is 18.4 Å². The number of ether oxygens (including phenoxy) is 1. The maximum Gasteiger partial charge on any atom is 0.290 e. The summed E-state index contributed by atoms with van der Waals surface area (Å²) in [5.74, 6) is 0.693. The molecule has 7 heteroatoms. The van der Waals surface area contributed by atoms with Crippen molar-refractivity contribution >= 4 is 21.8 Å². The molecule has 128 valence electrons. The molecule has 0 unspecified atom stereocenters. The number of halogens is 3. The van der Waals surface area contributed by atoms with Crippen LogP contribution in [0.5, 0.6) is 5.75 Å². The van der Waals surface area contributed by atoms with Gasteiger partial charge in [-0.15, -0.1) is 0 Å². The average Bonchev–Trinajstić information content (AvgIpc) is 3.27. The van der Waals surface area contributed by atoms with Gasteiger partial charge in [0.2, 0.25) is 0 Å². The molecule has 0 aliphatic heterocycles. The summed E-state index contributed by atoms with van der Waals surface area (Å²) < 4.78 is 37.2. The van der Waals surface area contributed by atoms with Gasteiger partial charge in [0, 0.05) is 10.5 Å². The molecule has 1 aromatic heterocycles. The highest BCUT2D eigenvalue weighted by molar-refractivity contribution is 9.10. The van der Waals surface area contributed by atoms with Crippen LogP contribution in [0.1, 0.15) is 29.2 Å². The van der Waals surface area contributed by atoms with Crippen molar-refractivity contribution in [3.8, 4) is 5.75 Å². The number of furan rings is 1. The Morgan fingerprint density at radius 2 is 2.12 bits per heavy atom. The second-order valence-corrected chi connectivity index (χ2v) is 6.51. The smallest absolute Gasteiger partial charge is 0.290 e. The Morgan fingerprint density at radius 1 is 1.33 bits per heavy atom. The van der Waals surface area contributed by atoms with Crippen LogP contribution >= 0.6 is 15.9 Å². The molecule has 0 N–H and O–H groups in total. The third-order valence-electron chi connectivity index (χ3n) is 3.63. The summed E-state index contributed by atoms with van der Waals surface area (Å²) in [6.45, 7) is -0.407. The Balaban J connectivity index is 1.62. The van der Waals surface area contributed by atoms with Crippen LogP contribution in [0.4, 0.5) is 8.78 Å². The van der Waals surface area contributed by atoms with Gasteiger partial charge in [0.05, 0.1) is 6.54 Å². The molecule has 1 aliphatic carbocycles. The van der Waals surface area contributed by atoms with Crippen molar-refractivity contribution in [1.29, 1.82) is 0 Å². The lowest BCUT2D eigenvalue weighted by Gasteiger charge is -2.20. The molecule has 0 saturated heterocycles. The van der Waals surface area contributed by atoms with Gasteiger partial charge in [-0.2, -0.15) is 0 Å². The van der Waals surface area contributed by atoms with Crippen LogP contribution in [0.15, 0.2) is 45.3 Å². The number of carbonyl (C=O) groups excluding carboxylic acids is 1. The topological polar surface area (TPSA) is 42.7 Å². The Kier molecular flexibility index (Phi) is 5.18. The number of benzene rings is 1. The largest absolute Gasteiger partial charge is 0.486 e. The van der Waals surface area contributed by atoms with Crippen molar-refractivity contribution in [2.45, 2.75) is 31.9 Å². The van der Waals surface area contributed by atoms with E-state index in [1.54, 1.807) is 12.1 Å². The first-order valence-electron chi connectivity index (χ1n) is 7.59. The SMILES string of the molecule is O=C(c1ccc(COc2cccc(Br)c2)o1)N(CC(F)F)C1CC1. The molecule has 1 saturated carbocycles. The Labute approximate surface area is 146 Å². The number of hydrogen-bond donors (Lipinski definition) is 0. The summed E-state index contributed by atoms with van der Waals surface area (Å²) in [4.78, 5) is 13.5. The highest BCUT2D eigenvalue weighted by Gasteiger charge is 2.35. The molecule has 2 aromatic rings. The summed E-state index contributed by atoms with van der Waals surface area (Å²) in [5, 5.41) is 0. The van der Waals surface area contributed by atoms with E-state index in [9.17, 15) is 13.6 Å². The van der Waals surface area contributed by atoms with Crippen LogP contribution in [0.2, 0.25) is 0 Å². The first-order valence-corrected chi connectivity index (χ1v) is 8.38. The molecular formula is C17H16BrF2NO3. The zero-order valence-corrected chi connectivity index (χ0v) is 14.3. The van der Waals surface area contributed by atoms with Crippen LogP contribution in [-0.4, -0.2) is 29.8 Å². The van der Waals surface area contributed by atoms with Crippen molar-refractivity contribution in [2.24, 2.45) is 0 Å². The summed E-state index contributed by atoms with van der Waals surface area (Å²) >= 11 is 3.35. The van der Waals surface area contributed by atoms with E-state index < -0.39 is 18.9 Å². The standard InChI is InChI=1S/C17H16BrF2NO3/c18-11-2-1-3-13(8-11)23-10-14-6-7-15(24-14)17(22)21(9-16(19)20)12-4-5-12/h1-3,6-8,12,16H,4-5,9-10H2.